The third-order valence-electron chi connectivity index (χ3n) is 14.7. The summed E-state index contributed by atoms with van der Waals surface area (Å²) in [4.78, 5) is 172. The Labute approximate surface area is 615 Å². The number of aliphatic hydroxyl groups is 1. The predicted molar refractivity (Wildman–Crippen MR) is 344 cm³/mol. The second kappa shape index (κ2) is 43.9. The Hall–Kier alpha value is -9.40. The van der Waals surface area contributed by atoms with Crippen molar-refractivity contribution in [3.63, 3.8) is 0 Å². The Morgan fingerprint density at radius 1 is 0.680 bits per heavy atom. The number of pyridine rings is 2. The Balaban J connectivity index is 0.00000251. The molecule has 37 heteroatoms. The van der Waals surface area contributed by atoms with Crippen LogP contribution in [0.2, 0.25) is 0 Å². The summed E-state index contributed by atoms with van der Waals surface area (Å²) in [6.07, 6.45) is 3.69. The fourth-order valence-electron chi connectivity index (χ4n) is 9.70. The zero-order valence-electron chi connectivity index (χ0n) is 55.4. The summed E-state index contributed by atoms with van der Waals surface area (Å²) in [5.74, 6) is -12.0. The van der Waals surface area contributed by atoms with Gasteiger partial charge in [0.25, 0.3) is 0 Å². The number of amides is 6. The van der Waals surface area contributed by atoms with Crippen LogP contribution in [0.1, 0.15) is 83.2 Å². The van der Waals surface area contributed by atoms with Gasteiger partial charge in [0.2, 0.25) is 47.3 Å². The fourth-order valence-corrected chi connectivity index (χ4v) is 9.70. The van der Waals surface area contributed by atoms with Gasteiger partial charge in [-0.1, -0.05) is 45.0 Å². The molecule has 11 N–H and O–H groups in total. The van der Waals surface area contributed by atoms with Crippen LogP contribution in [-0.4, -0.2) is 233 Å². The summed E-state index contributed by atoms with van der Waals surface area (Å²) in [5.41, 5.74) is 2.12. The molecule has 0 radical (unpaired) electrons. The number of carbonyl (C=O) groups excluding carboxylic acids is 9. The van der Waals surface area contributed by atoms with E-state index in [2.05, 4.69) is 103 Å². The topological polar surface area (TPSA) is 523 Å². The van der Waals surface area contributed by atoms with Gasteiger partial charge in [-0.15, -0.1) is 0 Å². The number of anilines is 2. The van der Waals surface area contributed by atoms with Crippen molar-refractivity contribution in [1.82, 2.24) is 81.5 Å². The molecule has 0 saturated heterocycles. The van der Waals surface area contributed by atoms with Crippen LogP contribution >= 0.6 is 0 Å². The van der Waals surface area contributed by atoms with Gasteiger partial charge >= 0.3 is 67.3 Å². The zero-order valence-corrected chi connectivity index (χ0v) is 57.8. The molecule has 0 spiro atoms. The van der Waals surface area contributed by atoms with Crippen LogP contribution in [0.3, 0.4) is 0 Å². The molecule has 1 aromatic carbocycles. The van der Waals surface area contributed by atoms with E-state index in [1.54, 1.807) is 36.4 Å². The van der Waals surface area contributed by atoms with E-state index in [4.69, 9.17) is 4.74 Å². The van der Waals surface area contributed by atoms with E-state index in [1.165, 1.54) is 68.1 Å². The second-order valence-electron chi connectivity index (χ2n) is 22.2. The smallest absolute Gasteiger partial charge is 0.549 e. The van der Waals surface area contributed by atoms with Crippen LogP contribution in [0.5, 0.6) is 11.8 Å². The summed E-state index contributed by atoms with van der Waals surface area (Å²) < 4.78 is 5.99. The van der Waals surface area contributed by atoms with Crippen molar-refractivity contribution < 1.29 is 137 Å². The molecule has 6 amide bonds. The van der Waals surface area contributed by atoms with Crippen molar-refractivity contribution in [2.45, 2.75) is 110 Å². The van der Waals surface area contributed by atoms with E-state index in [9.17, 15) is 83.4 Å². The van der Waals surface area contributed by atoms with Gasteiger partial charge in [-0.3, -0.25) is 48.3 Å². The molecule has 4 atom stereocenters. The molecule has 100 heavy (non-hydrogen) atoms. The third kappa shape index (κ3) is 30.4. The van der Waals surface area contributed by atoms with Crippen LogP contribution < -0.4 is 62.6 Å². The van der Waals surface area contributed by atoms with E-state index in [0.717, 1.165) is 4.90 Å². The van der Waals surface area contributed by atoms with Gasteiger partial charge in [-0.25, -0.2) is 19.7 Å². The van der Waals surface area contributed by atoms with E-state index >= 15 is 0 Å². The molecule has 0 unspecified atom stereocenters. The number of unbranched alkanes of at least 4 members (excludes halogenated alkanes) is 1. The van der Waals surface area contributed by atoms with Gasteiger partial charge in [0.15, 0.2) is 0 Å². The van der Waals surface area contributed by atoms with Gasteiger partial charge in [0, 0.05) is 59.2 Å². The number of carboxylic acid groups (broad SMARTS) is 5. The normalized spacial score (nSPS) is 15.8. The molecule has 4 aromatic heterocycles. The number of fused-ring (bicyclic) bond motifs is 20. The van der Waals surface area contributed by atoms with Crippen molar-refractivity contribution in [3.05, 3.63) is 90.0 Å². The maximum absolute atomic E-state index is 13.4. The van der Waals surface area contributed by atoms with Crippen molar-refractivity contribution in [2.75, 3.05) is 89.2 Å². The molecule has 0 saturated carbocycles. The molecule has 7 rings (SSSR count). The number of rotatable bonds is 28. The first-order valence-electron chi connectivity index (χ1n) is 31.6. The molecule has 2 aliphatic rings. The first-order valence-corrected chi connectivity index (χ1v) is 31.6. The summed E-state index contributed by atoms with van der Waals surface area (Å²) in [6.45, 7) is 6.18. The molecular formula is C63H81EuN18O18. The molecular weight excluding hydrogens is 1450 g/mol. The molecule has 2 aliphatic heterocycles. The van der Waals surface area contributed by atoms with Crippen molar-refractivity contribution in [3.8, 4) is 34.5 Å². The van der Waals surface area contributed by atoms with Crippen molar-refractivity contribution in [2.24, 2.45) is 0 Å². The maximum Gasteiger partial charge on any atom is 3.00 e. The number of hydrogen-bond acceptors (Lipinski definition) is 28. The Morgan fingerprint density at radius 3 is 1.84 bits per heavy atom. The van der Waals surface area contributed by atoms with Crippen LogP contribution in [0, 0.1) is 49.4 Å². The summed E-state index contributed by atoms with van der Waals surface area (Å²) >= 11 is 0. The number of carbonyl (C=O) groups is 11. The molecule has 4 bridgehead atoms. The average Bonchev–Trinajstić information content (AvgIpc) is 0.828. The summed E-state index contributed by atoms with van der Waals surface area (Å²) in [5, 5.41) is 84.8. The molecule has 0 aliphatic carbocycles. The van der Waals surface area contributed by atoms with Crippen LogP contribution in [0.25, 0.3) is 22.8 Å². The van der Waals surface area contributed by atoms with Crippen molar-refractivity contribution in [1.29, 1.82) is 0 Å². The van der Waals surface area contributed by atoms with Gasteiger partial charge in [0.1, 0.15) is 41.3 Å². The minimum atomic E-state index is -1.59. The van der Waals surface area contributed by atoms with Gasteiger partial charge in [0.05, 0.1) is 79.3 Å². The number of benzene rings is 1. The molecule has 538 valence electrons. The SMILES string of the molecule is CC(=O)NCC(=O)N[C@H]1CCCCNc2nc(NCCCC[C@@H](C(=O)O)N(CC(=O)[O-])Cc3cccc(-c4cncc(-c5cccc(CN(CC(=O)[O-])CC(=O)[O-])n5)n4)n3)nc(n2)Oc2ccc(cc2)C[C@@H](C(=O)O)NC(=O)CNC(=O)[C@H](CO)NC(=O)CNC1=O.CCN(CC)CC.[Eu+3]. The largest absolute Gasteiger partial charge is 3.00 e. The number of carboxylic acids is 5. The average molecular weight is 1530 g/mol. The van der Waals surface area contributed by atoms with Crippen LogP contribution in [0.4, 0.5) is 11.9 Å². The zero-order chi connectivity index (χ0) is 72.4. The Kier molecular flexibility index (Phi) is 36.4. The third-order valence-corrected chi connectivity index (χ3v) is 14.7. The van der Waals surface area contributed by atoms with Gasteiger partial charge in [-0.05, 0) is 100 Å². The molecule has 0 fully saturated rings. The summed E-state index contributed by atoms with van der Waals surface area (Å²) in [7, 11) is 0. The molecule has 36 nitrogen and oxygen atoms in total. The monoisotopic (exact) mass is 1530 g/mol. The van der Waals surface area contributed by atoms with E-state index in [0.29, 0.717) is 29.8 Å². The standard InChI is InChI=1S/C57H69N17O18.C6H15N.Eu/c1-32(76)61-23-45(77)67-39-10-2-4-18-59-55-70-56(72-57(71-55)92-36-16-14-33(15-17-36)20-40(53(88)89)68-46(78)24-63-52(87)43(31-75)69-47(79)25-62-51(39)86)60-19-5-3-13-44(54(90)91)74(30-50(84)85)27-35-9-7-12-38(65-35)42-22-58-21-41(66-42)37-11-6-8-34(64-37)26-73(28-48(80)81)29-49(82)83;1-4-7(5-2)6-3;/h6-9,11-12,14-17,21-22,39-40,43-44,75H,2-5,10,13,18-20,23-31H2,1H3,(H,61,76)(H,62,86)(H,63,87)(H,67,77)(H,68,78)(H,69,79)(H,80,81)(H,82,83)(H,84,85)(H,88,89)(H,90,91)(H2,59,60,70,71,72);4-6H2,1-3H3;/q;;+3/p-3/t39-,40-,43-,44-;;/m0../s1. The van der Waals surface area contributed by atoms with Crippen LogP contribution in [-0.2, 0) is 72.3 Å². The number of hydrogen-bond donors (Lipinski definition) is 11. The molecule has 6 heterocycles. The Bertz CT molecular complexity index is 3550. The minimum Gasteiger partial charge on any atom is -0.549 e. The Morgan fingerprint density at radius 2 is 1.28 bits per heavy atom. The number of aliphatic carboxylic acids is 5. The van der Waals surface area contributed by atoms with E-state index in [-0.39, 0.29) is 154 Å². The second-order valence-corrected chi connectivity index (χ2v) is 22.2. The summed E-state index contributed by atoms with van der Waals surface area (Å²) in [6, 6.07) is 9.71. The first kappa shape index (κ1) is 83.0. The van der Waals surface area contributed by atoms with E-state index < -0.39 is 135 Å². The number of nitrogens with one attached hydrogen (secondary N) is 8. The number of ether oxygens (including phenoxy) is 1. The predicted octanol–water partition coefficient (Wildman–Crippen LogP) is -4.45. The van der Waals surface area contributed by atoms with Gasteiger partial charge in [-0.2, -0.15) is 15.0 Å². The fraction of sp³-hybridized carbons (Fsp3) is 0.460. The number of aromatic nitrogens is 7. The van der Waals surface area contributed by atoms with E-state index in [1.807, 2.05) is 0 Å². The maximum atomic E-state index is 13.4. The minimum absolute atomic E-state index is 0. The first-order chi connectivity index (χ1) is 47.3. The number of aliphatic hydroxyl groups excluding tert-OH is 1. The van der Waals surface area contributed by atoms with Gasteiger partial charge < -0.3 is 97.2 Å². The van der Waals surface area contributed by atoms with Crippen LogP contribution in [0.15, 0.2) is 73.1 Å². The quantitative estimate of drug-likeness (QED) is 0.0166. The van der Waals surface area contributed by atoms with Crippen molar-refractivity contribution >= 4 is 77.2 Å². The molecule has 5 aromatic rings. The number of nitrogens with zero attached hydrogens (tertiary/aromatic N) is 10.